The van der Waals surface area contributed by atoms with Crippen LogP contribution in [0.25, 0.3) is 0 Å². The van der Waals surface area contributed by atoms with Crippen LogP contribution < -0.4 is 16.0 Å². The number of nitrogens with one attached hydrogen (secondary N) is 3. The van der Waals surface area contributed by atoms with Crippen LogP contribution in [0.2, 0.25) is 0 Å². The summed E-state index contributed by atoms with van der Waals surface area (Å²) < 4.78 is 0. The van der Waals surface area contributed by atoms with E-state index in [2.05, 4.69) is 16.0 Å². The van der Waals surface area contributed by atoms with Crippen LogP contribution in [0.1, 0.15) is 56.9 Å². The largest absolute Gasteiger partial charge is 0.341 e. The second-order valence-corrected chi connectivity index (χ2v) is 11.7. The van der Waals surface area contributed by atoms with Crippen molar-refractivity contribution in [1.29, 1.82) is 0 Å². The van der Waals surface area contributed by atoms with Gasteiger partial charge in [-0.3, -0.25) is 4.79 Å². The van der Waals surface area contributed by atoms with Gasteiger partial charge in [0.25, 0.3) is 0 Å². The van der Waals surface area contributed by atoms with Crippen LogP contribution in [0, 0.1) is 11.8 Å². The van der Waals surface area contributed by atoms with E-state index in [4.69, 9.17) is 0 Å². The van der Waals surface area contributed by atoms with E-state index in [9.17, 15) is 14.4 Å². The average molecular weight is 509 g/mol. The fourth-order valence-corrected chi connectivity index (χ4v) is 7.38. The van der Waals surface area contributed by atoms with E-state index in [1.807, 2.05) is 34.1 Å². The Morgan fingerprint density at radius 3 is 2.27 bits per heavy atom. The molecule has 9 heteroatoms. The molecule has 0 spiro atoms. The molecule has 2 bridgehead atoms. The molecule has 2 atom stereocenters. The lowest BCUT2D eigenvalue weighted by Gasteiger charge is -2.41. The molecule has 1 aromatic carbocycles. The quantitative estimate of drug-likeness (QED) is 0.583. The number of rotatable bonds is 4. The van der Waals surface area contributed by atoms with E-state index in [0.29, 0.717) is 19.6 Å². The third kappa shape index (κ3) is 5.28. The van der Waals surface area contributed by atoms with Crippen molar-refractivity contribution < 1.29 is 14.4 Å². The van der Waals surface area contributed by atoms with E-state index in [0.717, 1.165) is 73.9 Å². The van der Waals surface area contributed by atoms with Crippen LogP contribution in [-0.4, -0.2) is 83.5 Å². The number of anilines is 1. The maximum atomic E-state index is 12.8. The zero-order valence-electron chi connectivity index (χ0n) is 21.7. The number of fused-ring (bicyclic) bond motifs is 3. The van der Waals surface area contributed by atoms with Crippen LogP contribution in [-0.2, 0) is 11.3 Å². The molecule has 2 unspecified atom stereocenters. The Balaban J connectivity index is 0.916. The lowest BCUT2D eigenvalue weighted by atomic mass is 9.77. The average Bonchev–Trinajstić information content (AvgIpc) is 3.28. The molecule has 6 rings (SSSR count). The molecule has 0 aromatic heterocycles. The van der Waals surface area contributed by atoms with Gasteiger partial charge >= 0.3 is 12.1 Å². The number of likely N-dealkylation sites (tertiary alicyclic amines) is 2. The van der Waals surface area contributed by atoms with Gasteiger partial charge in [-0.25, -0.2) is 9.59 Å². The molecule has 0 saturated carbocycles. The highest BCUT2D eigenvalue weighted by Crippen LogP contribution is 2.39. The Morgan fingerprint density at radius 2 is 1.54 bits per heavy atom. The molecule has 5 amide bonds. The molecule has 3 N–H and O–H groups in total. The fraction of sp³-hybridized carbons (Fsp3) is 0.679. The normalized spacial score (nSPS) is 28.6. The summed E-state index contributed by atoms with van der Waals surface area (Å²) in [6.45, 7) is 3.45. The predicted octanol–water partition coefficient (Wildman–Crippen LogP) is 2.98. The zero-order valence-corrected chi connectivity index (χ0v) is 21.7. The van der Waals surface area contributed by atoms with Crippen molar-refractivity contribution >= 4 is 23.7 Å². The zero-order chi connectivity index (χ0) is 25.4. The lowest BCUT2D eigenvalue weighted by molar-refractivity contribution is -0.131. The highest BCUT2D eigenvalue weighted by atomic mass is 16.2. The molecule has 5 aliphatic rings. The second kappa shape index (κ2) is 10.5. The third-order valence-corrected chi connectivity index (χ3v) is 9.51. The summed E-state index contributed by atoms with van der Waals surface area (Å²) in [5, 5.41) is 9.57. The number of carbonyl (C=O) groups is 3. The number of hydrogen-bond donors (Lipinski definition) is 3. The fourth-order valence-electron chi connectivity index (χ4n) is 7.38. The van der Waals surface area contributed by atoms with Crippen LogP contribution in [0.5, 0.6) is 0 Å². The van der Waals surface area contributed by atoms with Crippen molar-refractivity contribution in [3.8, 4) is 0 Å². The van der Waals surface area contributed by atoms with Gasteiger partial charge in [0.1, 0.15) is 0 Å². The van der Waals surface area contributed by atoms with Gasteiger partial charge < -0.3 is 30.7 Å². The summed E-state index contributed by atoms with van der Waals surface area (Å²) in [6.07, 6.45) is 8.93. The minimum atomic E-state index is -0.180. The highest BCUT2D eigenvalue weighted by Gasteiger charge is 2.38. The van der Waals surface area contributed by atoms with Crippen molar-refractivity contribution in [2.24, 2.45) is 11.8 Å². The number of urea groups is 2. The Labute approximate surface area is 219 Å². The molecular formula is C28H40N6O3. The van der Waals surface area contributed by atoms with Gasteiger partial charge in [0.2, 0.25) is 5.91 Å². The maximum absolute atomic E-state index is 12.8. The van der Waals surface area contributed by atoms with Gasteiger partial charge in [0, 0.05) is 56.5 Å². The summed E-state index contributed by atoms with van der Waals surface area (Å²) in [7, 11) is 0. The van der Waals surface area contributed by atoms with E-state index >= 15 is 0 Å². The molecule has 4 saturated heterocycles. The van der Waals surface area contributed by atoms with Crippen molar-refractivity contribution in [2.75, 3.05) is 38.0 Å². The van der Waals surface area contributed by atoms with E-state index in [1.165, 1.54) is 25.7 Å². The molecular weight excluding hydrogens is 468 g/mol. The Bertz CT molecular complexity index is 1000. The minimum absolute atomic E-state index is 0.0238. The summed E-state index contributed by atoms with van der Waals surface area (Å²) in [5.41, 5.74) is 2.00. The molecule has 9 nitrogen and oxygen atoms in total. The summed E-state index contributed by atoms with van der Waals surface area (Å²) in [4.78, 5) is 43.8. The lowest BCUT2D eigenvalue weighted by Crippen LogP contribution is -2.53. The smallest absolute Gasteiger partial charge is 0.322 e. The van der Waals surface area contributed by atoms with Crippen molar-refractivity contribution in [3.05, 3.63) is 29.8 Å². The molecule has 200 valence electrons. The summed E-state index contributed by atoms with van der Waals surface area (Å²) in [5.74, 6) is 1.57. The second-order valence-electron chi connectivity index (χ2n) is 11.7. The predicted molar refractivity (Wildman–Crippen MR) is 141 cm³/mol. The third-order valence-electron chi connectivity index (χ3n) is 9.51. The first-order valence-corrected chi connectivity index (χ1v) is 14.3. The number of carbonyl (C=O) groups excluding carboxylic acids is 3. The van der Waals surface area contributed by atoms with Gasteiger partial charge in [0.05, 0.1) is 6.54 Å². The molecule has 0 radical (unpaired) electrons. The Kier molecular flexibility index (Phi) is 6.97. The number of nitrogens with zero attached hydrogens (tertiary/aromatic N) is 3. The number of amides is 5. The SMILES string of the molecule is O=C(CNC(=O)N1CCC(N2Cc3ccccc3NC2=O)CC1)N1CCC(C2CC3CCC(C2)N3)CC1. The summed E-state index contributed by atoms with van der Waals surface area (Å²) >= 11 is 0. The van der Waals surface area contributed by atoms with Crippen LogP contribution in [0.4, 0.5) is 15.3 Å². The van der Waals surface area contributed by atoms with Gasteiger partial charge in [-0.1, -0.05) is 18.2 Å². The van der Waals surface area contributed by atoms with Crippen molar-refractivity contribution in [3.63, 3.8) is 0 Å². The van der Waals surface area contributed by atoms with Crippen LogP contribution in [0.3, 0.4) is 0 Å². The number of para-hydroxylation sites is 1. The summed E-state index contributed by atoms with van der Waals surface area (Å²) in [6, 6.07) is 9.19. The van der Waals surface area contributed by atoms with Gasteiger partial charge in [-0.2, -0.15) is 0 Å². The first-order valence-electron chi connectivity index (χ1n) is 14.3. The number of piperidine rings is 3. The van der Waals surface area contributed by atoms with E-state index < -0.39 is 0 Å². The number of benzene rings is 1. The van der Waals surface area contributed by atoms with Gasteiger partial charge in [0.15, 0.2) is 0 Å². The number of hydrogen-bond acceptors (Lipinski definition) is 4. The standard InChI is InChI=1S/C28H40N6O3/c35-26(32-11-7-19(8-12-32)21-15-22-5-6-23(16-21)30-22)17-29-27(36)33-13-9-24(10-14-33)34-18-20-3-1-2-4-25(20)31-28(34)37/h1-4,19,21-24,30H,5-18H2,(H,29,36)(H,31,37). The van der Waals surface area contributed by atoms with Crippen LogP contribution in [0.15, 0.2) is 24.3 Å². The van der Waals surface area contributed by atoms with Gasteiger partial charge in [-0.05, 0) is 74.8 Å². The van der Waals surface area contributed by atoms with E-state index in [-0.39, 0.29) is 30.6 Å². The molecule has 5 heterocycles. The highest BCUT2D eigenvalue weighted by molar-refractivity contribution is 5.92. The molecule has 1 aromatic rings. The maximum Gasteiger partial charge on any atom is 0.322 e. The van der Waals surface area contributed by atoms with E-state index in [1.54, 1.807) is 4.90 Å². The monoisotopic (exact) mass is 508 g/mol. The van der Waals surface area contributed by atoms with Crippen molar-refractivity contribution in [2.45, 2.75) is 76.0 Å². The molecule has 5 aliphatic heterocycles. The molecule has 37 heavy (non-hydrogen) atoms. The first kappa shape index (κ1) is 24.5. The minimum Gasteiger partial charge on any atom is -0.341 e. The Morgan fingerprint density at radius 1 is 0.865 bits per heavy atom. The first-order chi connectivity index (χ1) is 18.0. The topological polar surface area (TPSA) is 97.0 Å². The molecule has 0 aliphatic carbocycles. The van der Waals surface area contributed by atoms with Crippen LogP contribution >= 0.6 is 0 Å². The van der Waals surface area contributed by atoms with Gasteiger partial charge in [-0.15, -0.1) is 0 Å². The molecule has 4 fully saturated rings. The Hall–Kier alpha value is -2.81. The van der Waals surface area contributed by atoms with Crippen molar-refractivity contribution in [1.82, 2.24) is 25.3 Å².